The molecule has 1 aromatic rings. The smallest absolute Gasteiger partial charge is 0.189 e. The van der Waals surface area contributed by atoms with Crippen LogP contribution in [0.2, 0.25) is 0 Å². The molecule has 1 aliphatic carbocycles. The lowest BCUT2D eigenvalue weighted by Crippen LogP contribution is -2.28. The molecule has 1 heterocycles. The van der Waals surface area contributed by atoms with Crippen LogP contribution >= 0.6 is 11.8 Å². The van der Waals surface area contributed by atoms with Gasteiger partial charge in [0.1, 0.15) is 5.82 Å². The summed E-state index contributed by atoms with van der Waals surface area (Å²) < 4.78 is 0. The number of hydrogen-bond acceptors (Lipinski definition) is 5. The van der Waals surface area contributed by atoms with Crippen molar-refractivity contribution in [1.82, 2.24) is 9.97 Å². The molecule has 1 saturated carbocycles. The van der Waals surface area contributed by atoms with Crippen LogP contribution in [0.5, 0.6) is 0 Å². The first-order valence-electron chi connectivity index (χ1n) is 5.59. The summed E-state index contributed by atoms with van der Waals surface area (Å²) in [7, 11) is 0. The van der Waals surface area contributed by atoms with Gasteiger partial charge >= 0.3 is 0 Å². The highest BCUT2D eigenvalue weighted by atomic mass is 32.2. The molecule has 0 unspecified atom stereocenters. The van der Waals surface area contributed by atoms with Crippen LogP contribution in [0.1, 0.15) is 25.7 Å². The van der Waals surface area contributed by atoms with Gasteiger partial charge in [-0.05, 0) is 38.0 Å². The van der Waals surface area contributed by atoms with Crippen LogP contribution in [0.25, 0.3) is 0 Å². The van der Waals surface area contributed by atoms with E-state index in [0.717, 1.165) is 36.7 Å². The molecule has 0 spiro atoms. The first kappa shape index (κ1) is 11.7. The van der Waals surface area contributed by atoms with Gasteiger partial charge in [0.2, 0.25) is 0 Å². The third-order valence-electron chi connectivity index (χ3n) is 2.86. The van der Waals surface area contributed by atoms with Crippen LogP contribution in [-0.4, -0.2) is 33.5 Å². The van der Waals surface area contributed by atoms with E-state index in [1.165, 1.54) is 0 Å². The molecule has 4 nitrogen and oxygen atoms in total. The maximum atomic E-state index is 9.42. The van der Waals surface area contributed by atoms with Gasteiger partial charge in [-0.1, -0.05) is 11.8 Å². The second-order valence-electron chi connectivity index (χ2n) is 4.08. The zero-order valence-corrected chi connectivity index (χ0v) is 10.2. The van der Waals surface area contributed by atoms with Crippen LogP contribution in [0, 0.1) is 0 Å². The third-order valence-corrected chi connectivity index (χ3v) is 3.43. The van der Waals surface area contributed by atoms with Gasteiger partial charge in [0, 0.05) is 12.2 Å². The Labute approximate surface area is 99.9 Å². The van der Waals surface area contributed by atoms with Crippen LogP contribution in [0.3, 0.4) is 0 Å². The summed E-state index contributed by atoms with van der Waals surface area (Å²) in [5, 5.41) is 13.6. The SMILES string of the molecule is CSc1nccc(NC2CCC(O)CC2)n1. The molecule has 1 aliphatic rings. The van der Waals surface area contributed by atoms with Gasteiger partial charge in [-0.25, -0.2) is 9.97 Å². The lowest BCUT2D eigenvalue weighted by molar-refractivity contribution is 0.126. The van der Waals surface area contributed by atoms with E-state index in [4.69, 9.17) is 0 Å². The molecular formula is C11H17N3OS. The Balaban J connectivity index is 1.93. The summed E-state index contributed by atoms with van der Waals surface area (Å²) in [6.07, 6.45) is 7.44. The highest BCUT2D eigenvalue weighted by Gasteiger charge is 2.19. The molecule has 0 saturated heterocycles. The lowest BCUT2D eigenvalue weighted by atomic mass is 9.93. The van der Waals surface area contributed by atoms with Gasteiger partial charge in [-0.2, -0.15) is 0 Å². The van der Waals surface area contributed by atoms with Crippen LogP contribution in [0.4, 0.5) is 5.82 Å². The molecule has 88 valence electrons. The van der Waals surface area contributed by atoms with Crippen molar-refractivity contribution in [3.8, 4) is 0 Å². The van der Waals surface area contributed by atoms with Gasteiger partial charge in [-0.15, -0.1) is 0 Å². The zero-order valence-electron chi connectivity index (χ0n) is 9.39. The Hall–Kier alpha value is -0.810. The predicted octanol–water partition coefficient (Wildman–Crippen LogP) is 1.91. The highest BCUT2D eigenvalue weighted by molar-refractivity contribution is 7.98. The zero-order chi connectivity index (χ0) is 11.4. The molecule has 0 bridgehead atoms. The van der Waals surface area contributed by atoms with Crippen LogP contribution in [0.15, 0.2) is 17.4 Å². The third kappa shape index (κ3) is 3.09. The summed E-state index contributed by atoms with van der Waals surface area (Å²) in [5.41, 5.74) is 0. The second kappa shape index (κ2) is 5.50. The first-order valence-corrected chi connectivity index (χ1v) is 6.82. The summed E-state index contributed by atoms with van der Waals surface area (Å²) in [6.45, 7) is 0. The van der Waals surface area contributed by atoms with E-state index in [9.17, 15) is 5.11 Å². The van der Waals surface area contributed by atoms with Crippen LogP contribution < -0.4 is 5.32 Å². The molecule has 16 heavy (non-hydrogen) atoms. The van der Waals surface area contributed by atoms with E-state index in [0.29, 0.717) is 6.04 Å². The molecule has 0 aliphatic heterocycles. The van der Waals surface area contributed by atoms with Gasteiger partial charge in [0.05, 0.1) is 6.10 Å². The largest absolute Gasteiger partial charge is 0.393 e. The number of rotatable bonds is 3. The van der Waals surface area contributed by atoms with E-state index in [1.807, 2.05) is 12.3 Å². The quantitative estimate of drug-likeness (QED) is 0.623. The fourth-order valence-electron chi connectivity index (χ4n) is 1.95. The number of nitrogens with zero attached hydrogens (tertiary/aromatic N) is 2. The standard InChI is InChI=1S/C11H17N3OS/c1-16-11-12-7-6-10(14-11)13-8-2-4-9(15)5-3-8/h6-9,15H,2-5H2,1H3,(H,12,13,14). The van der Waals surface area contributed by atoms with Crippen molar-refractivity contribution in [2.75, 3.05) is 11.6 Å². The average Bonchev–Trinajstić information content (AvgIpc) is 2.32. The van der Waals surface area contributed by atoms with Crippen molar-refractivity contribution >= 4 is 17.6 Å². The Bertz CT molecular complexity index is 340. The molecule has 0 radical (unpaired) electrons. The van der Waals surface area contributed by atoms with E-state index in [-0.39, 0.29) is 6.10 Å². The topological polar surface area (TPSA) is 58.0 Å². The monoisotopic (exact) mass is 239 g/mol. The minimum atomic E-state index is -0.106. The maximum absolute atomic E-state index is 9.42. The number of anilines is 1. The fourth-order valence-corrected chi connectivity index (χ4v) is 2.30. The molecular weight excluding hydrogens is 222 g/mol. The van der Waals surface area contributed by atoms with Gasteiger partial charge < -0.3 is 10.4 Å². The first-order chi connectivity index (χ1) is 7.78. The molecule has 1 fully saturated rings. The maximum Gasteiger partial charge on any atom is 0.189 e. The van der Waals surface area contributed by atoms with Crippen molar-refractivity contribution in [1.29, 1.82) is 0 Å². The van der Waals surface area contributed by atoms with Crippen molar-refractivity contribution in [2.45, 2.75) is 43.0 Å². The van der Waals surface area contributed by atoms with Crippen molar-refractivity contribution in [2.24, 2.45) is 0 Å². The number of nitrogens with one attached hydrogen (secondary N) is 1. The van der Waals surface area contributed by atoms with Crippen molar-refractivity contribution < 1.29 is 5.11 Å². The van der Waals surface area contributed by atoms with Crippen molar-refractivity contribution in [3.05, 3.63) is 12.3 Å². The molecule has 2 rings (SSSR count). The number of hydrogen-bond donors (Lipinski definition) is 2. The summed E-state index contributed by atoms with van der Waals surface area (Å²) in [4.78, 5) is 8.52. The molecule has 0 atom stereocenters. The summed E-state index contributed by atoms with van der Waals surface area (Å²) in [6, 6.07) is 2.33. The number of thioether (sulfide) groups is 1. The van der Waals surface area contributed by atoms with Gasteiger partial charge in [0.25, 0.3) is 0 Å². The van der Waals surface area contributed by atoms with Gasteiger partial charge in [-0.3, -0.25) is 0 Å². The van der Waals surface area contributed by atoms with E-state index in [1.54, 1.807) is 18.0 Å². The number of aliphatic hydroxyl groups is 1. The Morgan fingerprint density at radius 1 is 1.38 bits per heavy atom. The van der Waals surface area contributed by atoms with Gasteiger partial charge in [0.15, 0.2) is 5.16 Å². The van der Waals surface area contributed by atoms with E-state index >= 15 is 0 Å². The summed E-state index contributed by atoms with van der Waals surface area (Å²) >= 11 is 1.54. The number of aliphatic hydroxyl groups excluding tert-OH is 1. The minimum absolute atomic E-state index is 0.106. The predicted molar refractivity (Wildman–Crippen MR) is 65.7 cm³/mol. The molecule has 2 N–H and O–H groups in total. The molecule has 5 heteroatoms. The average molecular weight is 239 g/mol. The second-order valence-corrected chi connectivity index (χ2v) is 4.85. The fraction of sp³-hybridized carbons (Fsp3) is 0.636. The van der Waals surface area contributed by atoms with Crippen LogP contribution in [-0.2, 0) is 0 Å². The molecule has 1 aromatic heterocycles. The molecule has 0 aromatic carbocycles. The number of aromatic nitrogens is 2. The Kier molecular flexibility index (Phi) is 4.01. The highest BCUT2D eigenvalue weighted by Crippen LogP contribution is 2.21. The lowest BCUT2D eigenvalue weighted by Gasteiger charge is -2.26. The normalized spacial score (nSPS) is 25.4. The Morgan fingerprint density at radius 2 is 2.12 bits per heavy atom. The van der Waals surface area contributed by atoms with E-state index < -0.39 is 0 Å². The van der Waals surface area contributed by atoms with Crippen molar-refractivity contribution in [3.63, 3.8) is 0 Å². The minimum Gasteiger partial charge on any atom is -0.393 e. The Morgan fingerprint density at radius 3 is 2.81 bits per heavy atom. The summed E-state index contributed by atoms with van der Waals surface area (Å²) in [5.74, 6) is 0.890. The van der Waals surface area contributed by atoms with E-state index in [2.05, 4.69) is 15.3 Å². The molecule has 0 amide bonds.